The van der Waals surface area contributed by atoms with Gasteiger partial charge in [0, 0.05) is 12.1 Å². The summed E-state index contributed by atoms with van der Waals surface area (Å²) < 4.78 is 5.57. The molecule has 1 aromatic rings. The van der Waals surface area contributed by atoms with Crippen LogP contribution in [0.15, 0.2) is 12.1 Å². The number of nitro groups is 1. The molecule has 1 aromatic carbocycles. The van der Waals surface area contributed by atoms with Crippen molar-refractivity contribution >= 4 is 23.3 Å². The summed E-state index contributed by atoms with van der Waals surface area (Å²) in [6.45, 7) is 0.387. The van der Waals surface area contributed by atoms with Gasteiger partial charge in [0.05, 0.1) is 16.6 Å². The molecule has 1 fully saturated rings. The maximum Gasteiger partial charge on any atom is 0.339 e. The van der Waals surface area contributed by atoms with Crippen LogP contribution in [-0.2, 0) is 0 Å². The number of nitrogens with zero attached hydrogens (tertiary/aromatic N) is 1. The third-order valence-electron chi connectivity index (χ3n) is 3.66. The first-order chi connectivity index (χ1) is 9.99. The lowest BCUT2D eigenvalue weighted by Crippen LogP contribution is -2.16. The van der Waals surface area contributed by atoms with Gasteiger partial charge in [0.2, 0.25) is 0 Å². The second-order valence-corrected chi connectivity index (χ2v) is 5.59. The summed E-state index contributed by atoms with van der Waals surface area (Å²) in [6, 6.07) is 2.09. The molecule has 0 spiro atoms. The monoisotopic (exact) mass is 313 g/mol. The number of hydrogen-bond donors (Lipinski definition) is 1. The van der Waals surface area contributed by atoms with Crippen LogP contribution in [0.3, 0.4) is 0 Å². The molecule has 0 radical (unpaired) electrons. The molecule has 114 valence electrons. The van der Waals surface area contributed by atoms with Crippen molar-refractivity contribution in [3.63, 3.8) is 0 Å². The van der Waals surface area contributed by atoms with Gasteiger partial charge in [-0.3, -0.25) is 10.1 Å². The maximum absolute atomic E-state index is 11.2. The summed E-state index contributed by atoms with van der Waals surface area (Å²) >= 11 is 5.95. The van der Waals surface area contributed by atoms with Crippen molar-refractivity contribution in [2.24, 2.45) is 5.92 Å². The molecule has 0 saturated heterocycles. The van der Waals surface area contributed by atoms with Gasteiger partial charge >= 0.3 is 5.97 Å². The third kappa shape index (κ3) is 3.85. The highest BCUT2D eigenvalue weighted by molar-refractivity contribution is 6.32. The van der Waals surface area contributed by atoms with E-state index in [0.717, 1.165) is 37.8 Å². The van der Waals surface area contributed by atoms with Crippen LogP contribution in [0, 0.1) is 16.0 Å². The minimum absolute atomic E-state index is 0.0142. The van der Waals surface area contributed by atoms with Crippen LogP contribution < -0.4 is 4.74 Å². The fraction of sp³-hybridized carbons (Fsp3) is 0.500. The van der Waals surface area contributed by atoms with Crippen LogP contribution in [0.4, 0.5) is 5.69 Å². The maximum atomic E-state index is 11.2. The van der Waals surface area contributed by atoms with Gasteiger partial charge in [-0.25, -0.2) is 4.79 Å². The first-order valence-corrected chi connectivity index (χ1v) is 7.21. The number of benzene rings is 1. The molecular weight excluding hydrogens is 298 g/mol. The zero-order chi connectivity index (χ0) is 15.4. The van der Waals surface area contributed by atoms with E-state index in [0.29, 0.717) is 12.5 Å². The molecule has 1 N–H and O–H groups in total. The largest absolute Gasteiger partial charge is 0.491 e. The Morgan fingerprint density at radius 1 is 1.38 bits per heavy atom. The van der Waals surface area contributed by atoms with Gasteiger partial charge in [-0.2, -0.15) is 0 Å². The van der Waals surface area contributed by atoms with Gasteiger partial charge in [-0.1, -0.05) is 30.9 Å². The topological polar surface area (TPSA) is 89.7 Å². The first kappa shape index (κ1) is 15.6. The van der Waals surface area contributed by atoms with Crippen LogP contribution >= 0.6 is 11.6 Å². The van der Waals surface area contributed by atoms with Crippen molar-refractivity contribution in [3.8, 4) is 5.75 Å². The molecule has 0 heterocycles. The van der Waals surface area contributed by atoms with E-state index in [1.54, 1.807) is 0 Å². The molecule has 0 aromatic heterocycles. The molecule has 0 unspecified atom stereocenters. The second kappa shape index (κ2) is 6.76. The lowest BCUT2D eigenvalue weighted by molar-refractivity contribution is -0.384. The van der Waals surface area contributed by atoms with Gasteiger partial charge < -0.3 is 9.84 Å². The standard InChI is InChI=1S/C14H16ClNO5/c15-12-7-10(16(19)20)6-11(14(17)18)13(12)21-8-9-4-2-1-3-5-9/h6-7,9H,1-5,8H2,(H,17,18). The Labute approximate surface area is 126 Å². The zero-order valence-electron chi connectivity index (χ0n) is 11.4. The molecule has 1 aliphatic carbocycles. The summed E-state index contributed by atoms with van der Waals surface area (Å²) in [5, 5.41) is 19.9. The predicted octanol–water partition coefficient (Wildman–Crippen LogP) is 3.91. The highest BCUT2D eigenvalue weighted by Crippen LogP contribution is 2.34. The Kier molecular flexibility index (Phi) is 5.01. The molecule has 6 nitrogen and oxygen atoms in total. The number of rotatable bonds is 5. The quantitative estimate of drug-likeness (QED) is 0.657. The summed E-state index contributed by atoms with van der Waals surface area (Å²) in [6.07, 6.45) is 5.61. The van der Waals surface area contributed by atoms with E-state index in [9.17, 15) is 20.0 Å². The van der Waals surface area contributed by atoms with Crippen molar-refractivity contribution in [1.29, 1.82) is 0 Å². The molecule has 1 aliphatic rings. The molecule has 0 amide bonds. The molecule has 0 bridgehead atoms. The lowest BCUT2D eigenvalue weighted by atomic mass is 9.90. The zero-order valence-corrected chi connectivity index (χ0v) is 12.1. The van der Waals surface area contributed by atoms with E-state index in [4.69, 9.17) is 16.3 Å². The van der Waals surface area contributed by atoms with Crippen molar-refractivity contribution in [3.05, 3.63) is 32.8 Å². The Morgan fingerprint density at radius 3 is 2.62 bits per heavy atom. The van der Waals surface area contributed by atoms with E-state index in [1.165, 1.54) is 6.42 Å². The Hall–Kier alpha value is -1.82. The van der Waals surface area contributed by atoms with Crippen LogP contribution in [0.25, 0.3) is 0 Å². The number of non-ortho nitro benzene ring substituents is 1. The van der Waals surface area contributed by atoms with Gasteiger partial charge in [-0.15, -0.1) is 0 Å². The predicted molar refractivity (Wildman–Crippen MR) is 77.1 cm³/mol. The van der Waals surface area contributed by atoms with Gasteiger partial charge in [-0.05, 0) is 18.8 Å². The molecule has 2 rings (SSSR count). The van der Waals surface area contributed by atoms with Crippen molar-refractivity contribution in [1.82, 2.24) is 0 Å². The Morgan fingerprint density at radius 2 is 2.05 bits per heavy atom. The van der Waals surface area contributed by atoms with E-state index in [1.807, 2.05) is 0 Å². The highest BCUT2D eigenvalue weighted by atomic mass is 35.5. The second-order valence-electron chi connectivity index (χ2n) is 5.18. The number of carbonyl (C=O) groups is 1. The molecule has 0 aliphatic heterocycles. The van der Waals surface area contributed by atoms with Crippen LogP contribution in [0.1, 0.15) is 42.5 Å². The average molecular weight is 314 g/mol. The van der Waals surface area contributed by atoms with E-state index < -0.39 is 10.9 Å². The van der Waals surface area contributed by atoms with Crippen molar-refractivity contribution < 1.29 is 19.6 Å². The van der Waals surface area contributed by atoms with Crippen molar-refractivity contribution in [2.75, 3.05) is 6.61 Å². The van der Waals surface area contributed by atoms with E-state index >= 15 is 0 Å². The average Bonchev–Trinajstić information content (AvgIpc) is 2.46. The fourth-order valence-corrected chi connectivity index (χ4v) is 2.81. The summed E-state index contributed by atoms with van der Waals surface area (Å²) in [4.78, 5) is 21.3. The minimum Gasteiger partial charge on any atom is -0.491 e. The number of halogens is 1. The molecule has 1 saturated carbocycles. The molecule has 21 heavy (non-hydrogen) atoms. The summed E-state index contributed by atoms with van der Waals surface area (Å²) in [5.41, 5.74) is -0.632. The summed E-state index contributed by atoms with van der Waals surface area (Å²) in [5.74, 6) is -0.897. The van der Waals surface area contributed by atoms with E-state index in [2.05, 4.69) is 0 Å². The third-order valence-corrected chi connectivity index (χ3v) is 3.94. The van der Waals surface area contributed by atoms with Crippen LogP contribution in [0.2, 0.25) is 5.02 Å². The van der Waals surface area contributed by atoms with Gasteiger partial charge in [0.1, 0.15) is 5.56 Å². The van der Waals surface area contributed by atoms with Gasteiger partial charge in [0.15, 0.2) is 5.75 Å². The molecular formula is C14H16ClNO5. The molecule has 0 atom stereocenters. The Balaban J connectivity index is 2.20. The lowest BCUT2D eigenvalue weighted by Gasteiger charge is -2.22. The number of hydrogen-bond acceptors (Lipinski definition) is 4. The number of ether oxygens (including phenoxy) is 1. The van der Waals surface area contributed by atoms with Crippen LogP contribution in [-0.4, -0.2) is 22.6 Å². The Bertz CT molecular complexity index is 555. The van der Waals surface area contributed by atoms with E-state index in [-0.39, 0.29) is 22.0 Å². The van der Waals surface area contributed by atoms with Crippen molar-refractivity contribution in [2.45, 2.75) is 32.1 Å². The minimum atomic E-state index is -1.29. The first-order valence-electron chi connectivity index (χ1n) is 6.83. The van der Waals surface area contributed by atoms with Gasteiger partial charge in [0.25, 0.3) is 5.69 Å². The SMILES string of the molecule is O=C(O)c1cc([N+](=O)[O-])cc(Cl)c1OCC1CCCCC1. The molecule has 7 heteroatoms. The number of nitro benzene ring substituents is 1. The van der Waals surface area contributed by atoms with Crippen LogP contribution in [0.5, 0.6) is 5.75 Å². The number of carboxylic acids is 1. The fourth-order valence-electron chi connectivity index (χ4n) is 2.55. The summed E-state index contributed by atoms with van der Waals surface area (Å²) in [7, 11) is 0. The number of carboxylic acid groups (broad SMARTS) is 1. The number of aromatic carboxylic acids is 1. The highest BCUT2D eigenvalue weighted by Gasteiger charge is 2.23. The smallest absolute Gasteiger partial charge is 0.339 e. The normalized spacial score (nSPS) is 15.7.